The zero-order chi connectivity index (χ0) is 10.4. The number of ketones is 1. The number of allylic oxidation sites excluding steroid dienone is 2. The molecule has 0 aliphatic rings. The Labute approximate surface area is 83.9 Å². The van der Waals surface area contributed by atoms with Crippen molar-refractivity contribution in [1.82, 2.24) is 10.3 Å². The number of nitrogens with one attached hydrogen (secondary N) is 1. The van der Waals surface area contributed by atoms with E-state index in [0.717, 1.165) is 11.4 Å². The lowest BCUT2D eigenvalue weighted by molar-refractivity contribution is -0.112. The first-order chi connectivity index (χ1) is 6.68. The fraction of sp³-hybridized carbons (Fsp3) is 0.273. The van der Waals surface area contributed by atoms with Crippen LogP contribution in [0.1, 0.15) is 19.5 Å². The van der Waals surface area contributed by atoms with Crippen LogP contribution in [-0.4, -0.2) is 10.8 Å². The number of rotatable bonds is 4. The molecule has 0 bridgehead atoms. The largest absolute Gasteiger partial charge is 0.383 e. The molecule has 1 rings (SSSR count). The van der Waals surface area contributed by atoms with E-state index in [1.807, 2.05) is 25.1 Å². The van der Waals surface area contributed by atoms with Crippen LogP contribution in [-0.2, 0) is 11.3 Å². The topological polar surface area (TPSA) is 42.0 Å². The molecular weight excluding hydrogens is 176 g/mol. The summed E-state index contributed by atoms with van der Waals surface area (Å²) in [6.45, 7) is 4.05. The van der Waals surface area contributed by atoms with Crippen LogP contribution in [0.5, 0.6) is 0 Å². The molecule has 0 aliphatic carbocycles. The van der Waals surface area contributed by atoms with Gasteiger partial charge in [0.05, 0.1) is 12.2 Å². The van der Waals surface area contributed by atoms with Crippen LogP contribution < -0.4 is 5.32 Å². The first-order valence-corrected chi connectivity index (χ1v) is 4.51. The fourth-order valence-electron chi connectivity index (χ4n) is 1.09. The quantitative estimate of drug-likeness (QED) is 0.734. The van der Waals surface area contributed by atoms with Gasteiger partial charge in [-0.25, -0.2) is 0 Å². The van der Waals surface area contributed by atoms with Crippen molar-refractivity contribution in [2.24, 2.45) is 0 Å². The Morgan fingerprint density at radius 1 is 1.50 bits per heavy atom. The standard InChI is InChI=1S/C11H14N2O/c1-9(7-10(2)14)13-8-11-5-3-4-6-12-11/h3-7,13H,8H2,1-2H3/b9-7-. The first-order valence-electron chi connectivity index (χ1n) is 4.51. The van der Waals surface area contributed by atoms with E-state index in [1.165, 1.54) is 6.92 Å². The molecule has 1 aromatic heterocycles. The highest BCUT2D eigenvalue weighted by molar-refractivity contribution is 5.87. The molecule has 14 heavy (non-hydrogen) atoms. The van der Waals surface area contributed by atoms with Crippen molar-refractivity contribution in [1.29, 1.82) is 0 Å². The Hall–Kier alpha value is -1.64. The Morgan fingerprint density at radius 2 is 2.29 bits per heavy atom. The minimum atomic E-state index is 0.0519. The lowest BCUT2D eigenvalue weighted by Gasteiger charge is -2.04. The fourth-order valence-corrected chi connectivity index (χ4v) is 1.09. The molecule has 0 fully saturated rings. The minimum absolute atomic E-state index is 0.0519. The molecule has 0 atom stereocenters. The van der Waals surface area contributed by atoms with E-state index in [9.17, 15) is 4.79 Å². The smallest absolute Gasteiger partial charge is 0.154 e. The molecule has 0 saturated heterocycles. The molecule has 74 valence electrons. The molecule has 0 aromatic carbocycles. The summed E-state index contributed by atoms with van der Waals surface area (Å²) in [4.78, 5) is 14.9. The van der Waals surface area contributed by atoms with Gasteiger partial charge in [-0.1, -0.05) is 6.07 Å². The van der Waals surface area contributed by atoms with Gasteiger partial charge in [0.1, 0.15) is 0 Å². The van der Waals surface area contributed by atoms with Crippen LogP contribution in [0.3, 0.4) is 0 Å². The van der Waals surface area contributed by atoms with Gasteiger partial charge in [0.25, 0.3) is 0 Å². The summed E-state index contributed by atoms with van der Waals surface area (Å²) in [5, 5.41) is 3.11. The van der Waals surface area contributed by atoms with Crippen molar-refractivity contribution >= 4 is 5.78 Å². The van der Waals surface area contributed by atoms with E-state index in [4.69, 9.17) is 0 Å². The van der Waals surface area contributed by atoms with Gasteiger partial charge in [0.15, 0.2) is 5.78 Å². The van der Waals surface area contributed by atoms with Gasteiger partial charge >= 0.3 is 0 Å². The molecule has 0 saturated carbocycles. The van der Waals surface area contributed by atoms with Gasteiger partial charge in [-0.05, 0) is 32.1 Å². The van der Waals surface area contributed by atoms with Crippen LogP contribution in [0.25, 0.3) is 0 Å². The number of nitrogens with zero attached hydrogens (tertiary/aromatic N) is 1. The third-order valence-corrected chi connectivity index (χ3v) is 1.69. The van der Waals surface area contributed by atoms with Gasteiger partial charge in [0.2, 0.25) is 0 Å². The van der Waals surface area contributed by atoms with E-state index in [-0.39, 0.29) is 5.78 Å². The summed E-state index contributed by atoms with van der Waals surface area (Å²) in [6, 6.07) is 5.75. The molecule has 0 amide bonds. The summed E-state index contributed by atoms with van der Waals surface area (Å²) in [7, 11) is 0. The van der Waals surface area contributed by atoms with Crippen molar-refractivity contribution in [2.75, 3.05) is 0 Å². The number of aromatic nitrogens is 1. The predicted molar refractivity (Wildman–Crippen MR) is 55.5 cm³/mol. The van der Waals surface area contributed by atoms with E-state index in [1.54, 1.807) is 12.3 Å². The first kappa shape index (κ1) is 10.4. The predicted octanol–water partition coefficient (Wildman–Crippen LogP) is 1.66. The second-order valence-corrected chi connectivity index (χ2v) is 3.11. The Bertz CT molecular complexity index is 330. The van der Waals surface area contributed by atoms with E-state index in [0.29, 0.717) is 6.54 Å². The summed E-state index contributed by atoms with van der Waals surface area (Å²) in [5.74, 6) is 0.0519. The Balaban J connectivity index is 2.45. The molecule has 0 unspecified atom stereocenters. The average Bonchev–Trinajstić information content (AvgIpc) is 2.15. The van der Waals surface area contributed by atoms with Crippen LogP contribution in [0.2, 0.25) is 0 Å². The molecule has 0 radical (unpaired) electrons. The lowest BCUT2D eigenvalue weighted by Crippen LogP contribution is -2.12. The number of carbonyl (C=O) groups is 1. The van der Waals surface area contributed by atoms with Gasteiger partial charge in [-0.2, -0.15) is 0 Å². The van der Waals surface area contributed by atoms with Gasteiger partial charge in [-0.3, -0.25) is 9.78 Å². The summed E-state index contributed by atoms with van der Waals surface area (Å²) in [5.41, 5.74) is 1.83. The maximum Gasteiger partial charge on any atom is 0.154 e. The highest BCUT2D eigenvalue weighted by atomic mass is 16.1. The van der Waals surface area contributed by atoms with Crippen molar-refractivity contribution in [2.45, 2.75) is 20.4 Å². The molecule has 1 heterocycles. The van der Waals surface area contributed by atoms with Gasteiger partial charge in [0, 0.05) is 11.9 Å². The van der Waals surface area contributed by atoms with Crippen LogP contribution >= 0.6 is 0 Å². The van der Waals surface area contributed by atoms with Crippen molar-refractivity contribution < 1.29 is 4.79 Å². The zero-order valence-corrected chi connectivity index (χ0v) is 8.45. The van der Waals surface area contributed by atoms with E-state index in [2.05, 4.69) is 10.3 Å². The highest BCUT2D eigenvalue weighted by Gasteiger charge is 1.93. The normalized spacial score (nSPS) is 11.1. The number of hydrogen-bond donors (Lipinski definition) is 1. The molecule has 1 N–H and O–H groups in total. The second kappa shape index (κ2) is 5.17. The number of carbonyl (C=O) groups excluding carboxylic acids is 1. The molecule has 3 heteroatoms. The SMILES string of the molecule is CC(=O)/C=C(/C)NCc1ccccn1. The number of pyridine rings is 1. The molecular formula is C11H14N2O. The van der Waals surface area contributed by atoms with Crippen LogP contribution in [0, 0.1) is 0 Å². The molecule has 3 nitrogen and oxygen atoms in total. The lowest BCUT2D eigenvalue weighted by atomic mass is 10.3. The third-order valence-electron chi connectivity index (χ3n) is 1.69. The van der Waals surface area contributed by atoms with E-state index >= 15 is 0 Å². The summed E-state index contributed by atoms with van der Waals surface area (Å²) in [6.07, 6.45) is 3.32. The van der Waals surface area contributed by atoms with Crippen molar-refractivity contribution in [3.8, 4) is 0 Å². The summed E-state index contributed by atoms with van der Waals surface area (Å²) >= 11 is 0. The molecule has 0 spiro atoms. The third kappa shape index (κ3) is 3.85. The average molecular weight is 190 g/mol. The monoisotopic (exact) mass is 190 g/mol. The zero-order valence-electron chi connectivity index (χ0n) is 8.45. The van der Waals surface area contributed by atoms with Crippen LogP contribution in [0.4, 0.5) is 0 Å². The highest BCUT2D eigenvalue weighted by Crippen LogP contribution is 1.95. The molecule has 1 aromatic rings. The maximum absolute atomic E-state index is 10.7. The van der Waals surface area contributed by atoms with Gasteiger partial charge in [-0.15, -0.1) is 0 Å². The van der Waals surface area contributed by atoms with E-state index < -0.39 is 0 Å². The van der Waals surface area contributed by atoms with Crippen LogP contribution in [0.15, 0.2) is 36.2 Å². The van der Waals surface area contributed by atoms with Crippen molar-refractivity contribution in [3.63, 3.8) is 0 Å². The number of hydrogen-bond acceptors (Lipinski definition) is 3. The van der Waals surface area contributed by atoms with Crippen molar-refractivity contribution in [3.05, 3.63) is 41.9 Å². The Morgan fingerprint density at radius 3 is 2.86 bits per heavy atom. The second-order valence-electron chi connectivity index (χ2n) is 3.11. The minimum Gasteiger partial charge on any atom is -0.383 e. The Kier molecular flexibility index (Phi) is 3.85. The molecule has 0 aliphatic heterocycles. The maximum atomic E-state index is 10.7. The van der Waals surface area contributed by atoms with Gasteiger partial charge < -0.3 is 5.32 Å². The summed E-state index contributed by atoms with van der Waals surface area (Å²) < 4.78 is 0.